The number of thioether (sulfide) groups is 1. The highest BCUT2D eigenvalue weighted by atomic mass is 35.5. The van der Waals surface area contributed by atoms with Crippen LogP contribution in [0.1, 0.15) is 12.0 Å². The topological polar surface area (TPSA) is 48.7 Å². The van der Waals surface area contributed by atoms with Gasteiger partial charge in [-0.25, -0.2) is 0 Å². The number of thiocarbonyl (C=S) groups is 1. The number of nitrogens with one attached hydrogen (secondary N) is 1. The van der Waals surface area contributed by atoms with Crippen molar-refractivity contribution >= 4 is 40.7 Å². The molecule has 1 N–H and O–H groups in total. The Morgan fingerprint density at radius 3 is 3.06 bits per heavy atom. The molecule has 1 heterocycles. The summed E-state index contributed by atoms with van der Waals surface area (Å²) in [7, 11) is 0. The summed E-state index contributed by atoms with van der Waals surface area (Å²) < 4.78 is 0.731. The van der Waals surface area contributed by atoms with Crippen LogP contribution in [0.2, 0.25) is 0 Å². The van der Waals surface area contributed by atoms with Crippen molar-refractivity contribution in [3.05, 3.63) is 30.1 Å². The molecule has 1 rings (SSSR count). The molecule has 0 saturated heterocycles. The van der Waals surface area contributed by atoms with E-state index in [0.29, 0.717) is 13.0 Å². The third-order valence-corrected chi connectivity index (χ3v) is 2.92. The molecular weight excluding hydrogens is 262 g/mol. The van der Waals surface area contributed by atoms with Crippen LogP contribution in [-0.4, -0.2) is 15.1 Å². The van der Waals surface area contributed by atoms with Gasteiger partial charge in [-0.05, 0) is 11.6 Å². The van der Waals surface area contributed by atoms with Crippen molar-refractivity contribution in [1.29, 1.82) is 5.26 Å². The Morgan fingerprint density at radius 1 is 1.62 bits per heavy atom. The van der Waals surface area contributed by atoms with Gasteiger partial charge in [0.2, 0.25) is 0 Å². The number of halogens is 1. The second-order valence-electron chi connectivity index (χ2n) is 2.76. The van der Waals surface area contributed by atoms with Crippen LogP contribution in [-0.2, 0) is 6.54 Å². The molecule has 0 fully saturated rings. The van der Waals surface area contributed by atoms with Crippen LogP contribution >= 0.6 is 36.4 Å². The number of rotatable bonds is 4. The molecule has 86 valence electrons. The van der Waals surface area contributed by atoms with Crippen LogP contribution in [0.3, 0.4) is 0 Å². The highest BCUT2D eigenvalue weighted by Gasteiger charge is 1.97. The van der Waals surface area contributed by atoms with Gasteiger partial charge >= 0.3 is 0 Å². The van der Waals surface area contributed by atoms with Gasteiger partial charge in [0.1, 0.15) is 4.32 Å². The van der Waals surface area contributed by atoms with Crippen LogP contribution in [0.15, 0.2) is 24.5 Å². The highest BCUT2D eigenvalue weighted by Crippen LogP contribution is 2.04. The van der Waals surface area contributed by atoms with Crippen molar-refractivity contribution in [1.82, 2.24) is 10.3 Å². The number of aromatic nitrogens is 1. The molecule has 0 saturated carbocycles. The first-order chi connectivity index (χ1) is 7.33. The molecule has 0 atom stereocenters. The Balaban J connectivity index is 0.00000225. The average molecular weight is 274 g/mol. The van der Waals surface area contributed by atoms with Crippen molar-refractivity contribution in [3.8, 4) is 6.07 Å². The number of nitriles is 1. The molecule has 0 aliphatic heterocycles. The lowest BCUT2D eigenvalue weighted by atomic mass is 10.3. The smallest absolute Gasteiger partial charge is 0.134 e. The summed E-state index contributed by atoms with van der Waals surface area (Å²) in [5.41, 5.74) is 1.10. The lowest BCUT2D eigenvalue weighted by Gasteiger charge is -2.05. The third-order valence-electron chi connectivity index (χ3n) is 1.61. The van der Waals surface area contributed by atoms with Crippen molar-refractivity contribution < 1.29 is 0 Å². The second-order valence-corrected chi connectivity index (χ2v) is 4.53. The van der Waals surface area contributed by atoms with Gasteiger partial charge in [-0.2, -0.15) is 5.26 Å². The first-order valence-corrected chi connectivity index (χ1v) is 5.89. The molecule has 3 nitrogen and oxygen atoms in total. The second kappa shape index (κ2) is 9.40. The molecule has 0 aromatic carbocycles. The molecule has 0 bridgehead atoms. The SMILES string of the molecule is Cl.N#CCCSC(=S)NCc1cccnc1. The molecular formula is C10H12ClN3S2. The molecule has 1 aromatic rings. The minimum absolute atomic E-state index is 0. The van der Waals surface area contributed by atoms with E-state index in [2.05, 4.69) is 16.4 Å². The summed E-state index contributed by atoms with van der Waals surface area (Å²) in [5.74, 6) is 0.745. The van der Waals surface area contributed by atoms with Gasteiger partial charge in [0.05, 0.1) is 6.07 Å². The summed E-state index contributed by atoms with van der Waals surface area (Å²) >= 11 is 6.59. The van der Waals surface area contributed by atoms with E-state index in [1.165, 1.54) is 11.8 Å². The average Bonchev–Trinajstić information content (AvgIpc) is 2.28. The van der Waals surface area contributed by atoms with E-state index in [1.54, 1.807) is 12.4 Å². The van der Waals surface area contributed by atoms with Crippen LogP contribution in [0.25, 0.3) is 0 Å². The molecule has 0 aliphatic rings. The van der Waals surface area contributed by atoms with E-state index in [4.69, 9.17) is 17.5 Å². The van der Waals surface area contributed by atoms with Crippen LogP contribution in [0.5, 0.6) is 0 Å². The number of hydrogen-bond donors (Lipinski definition) is 1. The van der Waals surface area contributed by atoms with Gasteiger partial charge in [0.25, 0.3) is 0 Å². The van der Waals surface area contributed by atoms with E-state index >= 15 is 0 Å². The summed E-state index contributed by atoms with van der Waals surface area (Å²) in [6.07, 6.45) is 4.07. The van der Waals surface area contributed by atoms with E-state index in [1.807, 2.05) is 12.1 Å². The predicted octanol–water partition coefficient (Wildman–Crippen LogP) is 2.52. The number of hydrogen-bond acceptors (Lipinski definition) is 4. The van der Waals surface area contributed by atoms with Crippen molar-refractivity contribution in [2.75, 3.05) is 5.75 Å². The van der Waals surface area contributed by atoms with Gasteiger partial charge in [0.15, 0.2) is 0 Å². The maximum Gasteiger partial charge on any atom is 0.134 e. The molecule has 16 heavy (non-hydrogen) atoms. The molecule has 0 radical (unpaired) electrons. The molecule has 0 aliphatic carbocycles. The van der Waals surface area contributed by atoms with E-state index in [-0.39, 0.29) is 12.4 Å². The lowest BCUT2D eigenvalue weighted by molar-refractivity contribution is 0.929. The monoisotopic (exact) mass is 273 g/mol. The quantitative estimate of drug-likeness (QED) is 0.675. The molecule has 0 unspecified atom stereocenters. The standard InChI is InChI=1S/C10H11N3S2.ClH/c11-4-2-6-15-10(14)13-8-9-3-1-5-12-7-9;/h1,3,5,7H,2,6,8H2,(H,13,14);1H. The lowest BCUT2D eigenvalue weighted by Crippen LogP contribution is -2.18. The third kappa shape index (κ3) is 6.62. The maximum atomic E-state index is 8.35. The Bertz CT molecular complexity index is 351. The maximum absolute atomic E-state index is 8.35. The molecule has 6 heteroatoms. The zero-order chi connectivity index (χ0) is 10.9. The molecule has 0 amide bonds. The van der Waals surface area contributed by atoms with Gasteiger partial charge in [-0.3, -0.25) is 4.98 Å². The van der Waals surface area contributed by atoms with Gasteiger partial charge in [0, 0.05) is 31.1 Å². The normalized spacial score (nSPS) is 8.69. The van der Waals surface area contributed by atoms with Gasteiger partial charge in [-0.15, -0.1) is 12.4 Å². The fourth-order valence-electron chi connectivity index (χ4n) is 0.917. The first kappa shape index (κ1) is 15.2. The Morgan fingerprint density at radius 2 is 2.44 bits per heavy atom. The summed E-state index contributed by atoms with van der Waals surface area (Å²) in [4.78, 5) is 4.00. The number of pyridine rings is 1. The van der Waals surface area contributed by atoms with Crippen molar-refractivity contribution in [2.45, 2.75) is 13.0 Å². The van der Waals surface area contributed by atoms with E-state index in [0.717, 1.165) is 15.6 Å². The summed E-state index contributed by atoms with van der Waals surface area (Å²) in [6.45, 7) is 0.687. The Labute approximate surface area is 111 Å². The van der Waals surface area contributed by atoms with Gasteiger partial charge < -0.3 is 5.32 Å². The first-order valence-electron chi connectivity index (χ1n) is 4.49. The Kier molecular flexibility index (Phi) is 8.91. The molecule has 1 aromatic heterocycles. The fourth-order valence-corrected chi connectivity index (χ4v) is 1.79. The highest BCUT2D eigenvalue weighted by molar-refractivity contribution is 8.22. The summed E-state index contributed by atoms with van der Waals surface area (Å²) in [5, 5.41) is 11.5. The minimum Gasteiger partial charge on any atom is -0.367 e. The Hall–Kier alpha value is -0.830. The van der Waals surface area contributed by atoms with Crippen LogP contribution in [0.4, 0.5) is 0 Å². The van der Waals surface area contributed by atoms with Crippen LogP contribution in [0, 0.1) is 11.3 Å². The fraction of sp³-hybridized carbons (Fsp3) is 0.300. The zero-order valence-corrected chi connectivity index (χ0v) is 11.0. The summed E-state index contributed by atoms with van der Waals surface area (Å²) in [6, 6.07) is 5.96. The minimum atomic E-state index is 0. The van der Waals surface area contributed by atoms with Gasteiger partial charge in [-0.1, -0.05) is 30.0 Å². The van der Waals surface area contributed by atoms with Crippen LogP contribution < -0.4 is 5.32 Å². The van der Waals surface area contributed by atoms with Crippen molar-refractivity contribution in [2.24, 2.45) is 0 Å². The predicted molar refractivity (Wildman–Crippen MR) is 73.6 cm³/mol. The van der Waals surface area contributed by atoms with E-state index in [9.17, 15) is 0 Å². The molecule has 0 spiro atoms. The van der Waals surface area contributed by atoms with E-state index < -0.39 is 0 Å². The largest absolute Gasteiger partial charge is 0.367 e. The number of nitrogens with zero attached hydrogens (tertiary/aromatic N) is 2. The van der Waals surface area contributed by atoms with Crippen molar-refractivity contribution in [3.63, 3.8) is 0 Å². The zero-order valence-electron chi connectivity index (χ0n) is 8.55.